The Kier molecular flexibility index (Phi) is 5.47. The molecule has 1 aliphatic carbocycles. The van der Waals surface area contributed by atoms with E-state index in [1.807, 2.05) is 36.5 Å². The molecule has 8 nitrogen and oxygen atoms in total. The third-order valence-electron chi connectivity index (χ3n) is 6.50. The normalized spacial score (nSPS) is 18.4. The summed E-state index contributed by atoms with van der Waals surface area (Å²) in [5, 5.41) is 5.02. The summed E-state index contributed by atoms with van der Waals surface area (Å²) >= 11 is 0. The zero-order chi connectivity index (χ0) is 23.1. The largest absolute Gasteiger partial charge is 0.381 e. The van der Waals surface area contributed by atoms with Crippen LogP contribution in [0.3, 0.4) is 0 Å². The number of hydrogen-bond donors (Lipinski definition) is 1. The maximum atomic E-state index is 12.6. The first-order valence-corrected chi connectivity index (χ1v) is 13.2. The molecule has 4 heterocycles. The quantitative estimate of drug-likeness (QED) is 0.432. The fourth-order valence-corrected chi connectivity index (χ4v) is 6.11. The van der Waals surface area contributed by atoms with Crippen molar-refractivity contribution in [2.75, 3.05) is 13.2 Å². The second-order valence-corrected chi connectivity index (χ2v) is 11.2. The van der Waals surface area contributed by atoms with Crippen LogP contribution < -0.4 is 0 Å². The average molecular weight is 479 g/mol. The predicted molar refractivity (Wildman–Crippen MR) is 127 cm³/mol. The van der Waals surface area contributed by atoms with Crippen LogP contribution in [0.15, 0.2) is 66.0 Å². The molecule has 1 aromatic carbocycles. The van der Waals surface area contributed by atoms with E-state index < -0.39 is 9.84 Å². The Hall–Kier alpha value is -3.01. The molecule has 34 heavy (non-hydrogen) atoms. The van der Waals surface area contributed by atoms with Gasteiger partial charge < -0.3 is 14.5 Å². The minimum atomic E-state index is -3.23. The van der Waals surface area contributed by atoms with Gasteiger partial charge in [0.05, 0.1) is 33.8 Å². The highest BCUT2D eigenvalue weighted by Gasteiger charge is 2.37. The summed E-state index contributed by atoms with van der Waals surface area (Å²) in [5.41, 5.74) is 3.42. The highest BCUT2D eigenvalue weighted by Crippen LogP contribution is 2.36. The molecular formula is C25H26N4O4S. The van der Waals surface area contributed by atoms with Crippen molar-refractivity contribution in [3.8, 4) is 5.69 Å². The zero-order valence-electron chi connectivity index (χ0n) is 18.6. The summed E-state index contributed by atoms with van der Waals surface area (Å²) in [6.07, 6.45) is 8.24. The molecule has 2 aliphatic rings. The van der Waals surface area contributed by atoms with Crippen molar-refractivity contribution in [3.63, 3.8) is 0 Å². The van der Waals surface area contributed by atoms with Crippen LogP contribution >= 0.6 is 0 Å². The summed E-state index contributed by atoms with van der Waals surface area (Å²) in [6.45, 7) is 1.36. The molecule has 1 unspecified atom stereocenters. The zero-order valence-corrected chi connectivity index (χ0v) is 19.4. The Labute approximate surface area is 197 Å². The van der Waals surface area contributed by atoms with E-state index in [1.165, 1.54) is 0 Å². The lowest BCUT2D eigenvalue weighted by atomic mass is 10.0. The minimum Gasteiger partial charge on any atom is -0.381 e. The Bertz CT molecular complexity index is 1390. The molecule has 6 rings (SSSR count). The number of nitrogens with one attached hydrogen (secondary N) is 1. The number of rotatable bonds is 7. The summed E-state index contributed by atoms with van der Waals surface area (Å²) in [4.78, 5) is 8.38. The van der Waals surface area contributed by atoms with Crippen LogP contribution in [0.4, 0.5) is 0 Å². The molecule has 1 saturated heterocycles. The van der Waals surface area contributed by atoms with Crippen molar-refractivity contribution in [3.05, 3.63) is 72.3 Å². The monoisotopic (exact) mass is 478 g/mol. The van der Waals surface area contributed by atoms with Crippen LogP contribution in [0.1, 0.15) is 43.0 Å². The SMILES string of the molecule is O=S(=O)(c1ccc(C(OC2CCOCC2)c2cc3cc(-n4cccn4)cnc3[nH]2)cc1)C1CC1. The fraction of sp³-hybridized carbons (Fsp3) is 0.360. The van der Waals surface area contributed by atoms with Gasteiger partial charge in [-0.3, -0.25) is 0 Å². The van der Waals surface area contributed by atoms with E-state index in [0.29, 0.717) is 18.1 Å². The second kappa shape index (κ2) is 8.65. The van der Waals surface area contributed by atoms with Crippen LogP contribution in [0.5, 0.6) is 0 Å². The molecule has 0 radical (unpaired) electrons. The number of aromatic nitrogens is 4. The van der Waals surface area contributed by atoms with Gasteiger partial charge in [0.25, 0.3) is 0 Å². The van der Waals surface area contributed by atoms with Gasteiger partial charge in [-0.25, -0.2) is 18.1 Å². The highest BCUT2D eigenvalue weighted by molar-refractivity contribution is 7.92. The van der Waals surface area contributed by atoms with Crippen LogP contribution in [0.25, 0.3) is 16.7 Å². The molecule has 9 heteroatoms. The number of H-pyrrole nitrogens is 1. The van der Waals surface area contributed by atoms with Crippen molar-refractivity contribution in [2.24, 2.45) is 0 Å². The van der Waals surface area contributed by atoms with Gasteiger partial charge in [0.1, 0.15) is 11.8 Å². The average Bonchev–Trinajstić information content (AvgIpc) is 3.43. The van der Waals surface area contributed by atoms with Crippen molar-refractivity contribution in [1.29, 1.82) is 0 Å². The number of fused-ring (bicyclic) bond motifs is 1. The summed E-state index contributed by atoms with van der Waals surface area (Å²) in [5.74, 6) is 0. The highest BCUT2D eigenvalue weighted by atomic mass is 32.2. The summed E-state index contributed by atoms with van der Waals surface area (Å²) < 4.78 is 39.1. The molecule has 0 spiro atoms. The third kappa shape index (κ3) is 4.15. The topological polar surface area (TPSA) is 99.1 Å². The van der Waals surface area contributed by atoms with Crippen LogP contribution in [0.2, 0.25) is 0 Å². The van der Waals surface area contributed by atoms with Crippen molar-refractivity contribution < 1.29 is 17.9 Å². The predicted octanol–water partition coefficient (Wildman–Crippen LogP) is 3.97. The standard InChI is InChI=1S/C25H26N4O4S/c30-34(31,22-6-7-22)21-4-2-17(3-5-21)24(33-20-8-12-32-13-9-20)23-15-18-14-19(16-26-25(18)28-23)29-11-1-10-27-29/h1-5,10-11,14-16,20,22,24H,6-9,12-13H2,(H,26,28). The fourth-order valence-electron chi connectivity index (χ4n) is 4.45. The number of sulfone groups is 1. The Morgan fingerprint density at radius 2 is 1.88 bits per heavy atom. The van der Waals surface area contributed by atoms with Gasteiger partial charge in [0.2, 0.25) is 0 Å². The van der Waals surface area contributed by atoms with Gasteiger partial charge >= 0.3 is 0 Å². The Balaban J connectivity index is 1.35. The van der Waals surface area contributed by atoms with Gasteiger partial charge in [0, 0.05) is 31.0 Å². The third-order valence-corrected chi connectivity index (χ3v) is 8.78. The van der Waals surface area contributed by atoms with Crippen LogP contribution in [0, 0.1) is 0 Å². The molecule has 1 N–H and O–H groups in total. The van der Waals surface area contributed by atoms with Gasteiger partial charge in [-0.1, -0.05) is 12.1 Å². The van der Waals surface area contributed by atoms with Gasteiger partial charge in [0.15, 0.2) is 9.84 Å². The maximum absolute atomic E-state index is 12.6. The number of nitrogens with zero attached hydrogens (tertiary/aromatic N) is 3. The van der Waals surface area contributed by atoms with E-state index in [-0.39, 0.29) is 17.5 Å². The molecule has 176 valence electrons. The van der Waals surface area contributed by atoms with E-state index in [2.05, 4.69) is 15.1 Å². The number of ether oxygens (including phenoxy) is 2. The first-order valence-electron chi connectivity index (χ1n) is 11.6. The van der Waals surface area contributed by atoms with Crippen LogP contribution in [-0.4, -0.2) is 52.7 Å². The molecule has 0 amide bonds. The maximum Gasteiger partial charge on any atom is 0.181 e. The molecule has 4 aromatic rings. The van der Waals surface area contributed by atoms with Gasteiger partial charge in [-0.05, 0) is 61.6 Å². The van der Waals surface area contributed by atoms with Crippen molar-refractivity contribution in [2.45, 2.75) is 48.0 Å². The van der Waals surface area contributed by atoms with Crippen LogP contribution in [-0.2, 0) is 19.3 Å². The molecule has 2 fully saturated rings. The second-order valence-electron chi connectivity index (χ2n) is 8.95. The first kappa shape index (κ1) is 21.5. The van der Waals surface area contributed by atoms with E-state index in [1.54, 1.807) is 29.2 Å². The minimum absolute atomic E-state index is 0.0626. The van der Waals surface area contributed by atoms with E-state index in [4.69, 9.17) is 9.47 Å². The smallest absolute Gasteiger partial charge is 0.181 e. The van der Waals surface area contributed by atoms with E-state index in [0.717, 1.165) is 53.7 Å². The number of benzene rings is 1. The van der Waals surface area contributed by atoms with E-state index in [9.17, 15) is 8.42 Å². The molecule has 3 aromatic heterocycles. The lowest BCUT2D eigenvalue weighted by Gasteiger charge is -2.27. The molecular weight excluding hydrogens is 452 g/mol. The first-order chi connectivity index (χ1) is 16.6. The lowest BCUT2D eigenvalue weighted by molar-refractivity contribution is -0.0577. The molecule has 1 aliphatic heterocycles. The van der Waals surface area contributed by atoms with Gasteiger partial charge in [-0.15, -0.1) is 0 Å². The number of aromatic amines is 1. The molecule has 0 bridgehead atoms. The molecule has 1 atom stereocenters. The van der Waals surface area contributed by atoms with Crippen molar-refractivity contribution >= 4 is 20.9 Å². The van der Waals surface area contributed by atoms with E-state index >= 15 is 0 Å². The number of pyridine rings is 1. The number of hydrogen-bond acceptors (Lipinski definition) is 6. The Morgan fingerprint density at radius 1 is 1.09 bits per heavy atom. The van der Waals surface area contributed by atoms with Crippen molar-refractivity contribution in [1.82, 2.24) is 19.7 Å². The summed E-state index contributed by atoms with van der Waals surface area (Å²) in [6, 6.07) is 13.1. The van der Waals surface area contributed by atoms with Gasteiger partial charge in [-0.2, -0.15) is 5.10 Å². The molecule has 1 saturated carbocycles. The summed E-state index contributed by atoms with van der Waals surface area (Å²) in [7, 11) is -3.23. The Morgan fingerprint density at radius 3 is 2.59 bits per heavy atom. The lowest BCUT2D eigenvalue weighted by Crippen LogP contribution is -2.25.